The largest absolute Gasteiger partial charge is 1.00 e. The number of hydrogen-bond acceptors (Lipinski definition) is 3. The van der Waals surface area contributed by atoms with Gasteiger partial charge in [-0.15, -0.1) is 0 Å². The maximum absolute atomic E-state index is 9.75. The molecule has 42 valence electrons. The molecule has 0 aliphatic heterocycles. The molecule has 0 aromatic heterocycles. The van der Waals surface area contributed by atoms with E-state index in [0.717, 1.165) is 0 Å². The van der Waals surface area contributed by atoms with E-state index in [0.29, 0.717) is 6.29 Å². The fourth-order valence-electron chi connectivity index (χ4n) is 0.223. The van der Waals surface area contributed by atoms with Gasteiger partial charge in [-0.3, -0.25) is 0 Å². The van der Waals surface area contributed by atoms with Gasteiger partial charge >= 0.3 is 51.4 Å². The van der Waals surface area contributed by atoms with Crippen molar-refractivity contribution in [3.05, 3.63) is 0 Å². The number of carbonyl (C=O) groups excluding carboxylic acids is 1. The Bertz CT molecular complexity index is 160. The maximum atomic E-state index is 9.75. The quantitative estimate of drug-likeness (QED) is 0.317. The minimum atomic E-state index is -0.736. The monoisotopic (exact) mass is 148 g/mol. The molecular weight excluding hydrogens is 143 g/mol. The van der Waals surface area contributed by atoms with Crippen molar-refractivity contribution < 1.29 is 57.6 Å². The predicted molar refractivity (Wildman–Crippen MR) is 26.5 cm³/mol. The van der Waals surface area contributed by atoms with E-state index >= 15 is 0 Å². The molecule has 0 rings (SSSR count). The molecule has 1 atom stereocenters. The first kappa shape index (κ1) is 12.0. The molecule has 0 radical (unpaired) electrons. The summed E-state index contributed by atoms with van der Waals surface area (Å²) >= 11 is 0. The minimum Gasteiger partial charge on any atom is -1.00 e. The van der Waals surface area contributed by atoms with Gasteiger partial charge in [-0.25, -0.2) is 0 Å². The molecule has 9 heavy (non-hydrogen) atoms. The van der Waals surface area contributed by atoms with Crippen molar-refractivity contribution in [1.82, 2.24) is 0 Å². The van der Waals surface area contributed by atoms with Crippen LogP contribution in [0.15, 0.2) is 0 Å². The molecule has 0 amide bonds. The summed E-state index contributed by atoms with van der Waals surface area (Å²) in [6, 6.07) is 3.38. The van der Waals surface area contributed by atoms with Crippen LogP contribution in [0.2, 0.25) is 0 Å². The van der Waals surface area contributed by atoms with E-state index in [2.05, 4.69) is 0 Å². The molecular formula is C5H5KN2O. The van der Waals surface area contributed by atoms with Gasteiger partial charge in [-0.2, -0.15) is 10.5 Å². The van der Waals surface area contributed by atoms with Gasteiger partial charge in [-0.05, 0) is 0 Å². The first-order chi connectivity index (χ1) is 3.85. The van der Waals surface area contributed by atoms with Crippen molar-refractivity contribution in [2.75, 3.05) is 0 Å². The molecule has 3 nitrogen and oxygen atoms in total. The van der Waals surface area contributed by atoms with Crippen LogP contribution in [0.1, 0.15) is 7.85 Å². The second-order valence-corrected chi connectivity index (χ2v) is 1.23. The summed E-state index contributed by atoms with van der Waals surface area (Å²) in [5.74, 6) is -0.736. The van der Waals surface area contributed by atoms with Gasteiger partial charge in [0, 0.05) is 0 Å². The second kappa shape index (κ2) is 8.29. The molecule has 0 spiro atoms. The molecule has 0 aliphatic rings. The van der Waals surface area contributed by atoms with E-state index in [9.17, 15) is 4.79 Å². The van der Waals surface area contributed by atoms with Gasteiger partial charge in [0.1, 0.15) is 12.2 Å². The Morgan fingerprint density at radius 2 is 2.22 bits per heavy atom. The van der Waals surface area contributed by atoms with E-state index in [-0.39, 0.29) is 59.2 Å². The first-order valence-corrected chi connectivity index (χ1v) is 2.07. The van der Waals surface area contributed by atoms with Crippen LogP contribution < -0.4 is 51.4 Å². The Morgan fingerprint density at radius 3 is 2.33 bits per heavy atom. The third-order valence-electron chi connectivity index (χ3n) is 0.641. The van der Waals surface area contributed by atoms with Gasteiger partial charge in [-0.1, -0.05) is 0 Å². The van der Waals surface area contributed by atoms with Crippen LogP contribution in [0, 0.1) is 28.6 Å². The fraction of sp³-hybridized carbons (Fsp3) is 0.400. The van der Waals surface area contributed by atoms with Crippen molar-refractivity contribution in [3.8, 4) is 12.1 Å². The number of carbonyl (C=O) groups is 1. The molecule has 0 fully saturated rings. The van der Waals surface area contributed by atoms with Crippen molar-refractivity contribution in [3.63, 3.8) is 0 Å². The van der Waals surface area contributed by atoms with Crippen LogP contribution in [0.5, 0.6) is 0 Å². The van der Waals surface area contributed by atoms with E-state index in [1.165, 1.54) is 0 Å². The average Bonchev–Trinajstić information content (AvgIpc) is 1.83. The predicted octanol–water partition coefficient (Wildman–Crippen LogP) is -2.64. The molecule has 0 aromatic rings. The summed E-state index contributed by atoms with van der Waals surface area (Å²) in [7, 11) is 0. The van der Waals surface area contributed by atoms with Crippen LogP contribution in [0.4, 0.5) is 0 Å². The summed E-state index contributed by atoms with van der Waals surface area (Å²) in [6.45, 7) is 0. The maximum Gasteiger partial charge on any atom is 1.00 e. The Morgan fingerprint density at radius 1 is 1.67 bits per heavy atom. The molecule has 0 saturated carbocycles. The summed E-state index contributed by atoms with van der Waals surface area (Å²) < 4.78 is 0. The van der Waals surface area contributed by atoms with Crippen LogP contribution in [-0.4, -0.2) is 6.29 Å². The number of aldehydes is 1. The van der Waals surface area contributed by atoms with E-state index in [4.69, 9.17) is 10.5 Å². The number of nitriles is 2. The Kier molecular flexibility index (Phi) is 11.1. The minimum absolute atomic E-state index is 0. The van der Waals surface area contributed by atoms with E-state index in [1.54, 1.807) is 12.1 Å². The number of rotatable bonds is 2. The van der Waals surface area contributed by atoms with Gasteiger partial charge < -0.3 is 6.22 Å². The summed E-state index contributed by atoms with van der Waals surface area (Å²) in [5.41, 5.74) is 0. The zero-order valence-corrected chi connectivity index (χ0v) is 8.29. The smallest absolute Gasteiger partial charge is 1.00 e. The third-order valence-corrected chi connectivity index (χ3v) is 0.641. The van der Waals surface area contributed by atoms with Crippen LogP contribution in [0.3, 0.4) is 0 Å². The van der Waals surface area contributed by atoms with Gasteiger partial charge in [0.25, 0.3) is 0 Å². The van der Waals surface area contributed by atoms with Gasteiger partial charge in [0.05, 0.1) is 18.6 Å². The molecule has 0 aromatic carbocycles. The van der Waals surface area contributed by atoms with Crippen molar-refractivity contribution in [2.24, 2.45) is 5.92 Å². The van der Waals surface area contributed by atoms with Crippen LogP contribution >= 0.6 is 0 Å². The standard InChI is InChI=1S/C5H4N2O.K.H/c6-2-1-5(3-7)4-8;;/h4-5H,1H2;;/q;+1;-1. The molecule has 0 heterocycles. The Hall–Kier alpha value is 0.286. The average molecular weight is 148 g/mol. The molecule has 0 bridgehead atoms. The SMILES string of the molecule is N#CCC(C#N)C=O.[H-].[K+]. The zero-order chi connectivity index (χ0) is 6.41. The summed E-state index contributed by atoms with van der Waals surface area (Å²) in [6.07, 6.45) is 0.475. The summed E-state index contributed by atoms with van der Waals surface area (Å²) in [4.78, 5) is 9.75. The van der Waals surface area contributed by atoms with Gasteiger partial charge in [0.15, 0.2) is 0 Å². The molecule has 0 saturated heterocycles. The molecule has 1 unspecified atom stereocenters. The Balaban J connectivity index is -0.000000245. The number of nitrogens with zero attached hydrogens (tertiary/aromatic N) is 2. The topological polar surface area (TPSA) is 64.7 Å². The van der Waals surface area contributed by atoms with E-state index < -0.39 is 5.92 Å². The van der Waals surface area contributed by atoms with Crippen molar-refractivity contribution in [2.45, 2.75) is 6.42 Å². The Labute approximate surface area is 97.6 Å². The fourth-order valence-corrected chi connectivity index (χ4v) is 0.223. The van der Waals surface area contributed by atoms with Crippen molar-refractivity contribution >= 4 is 6.29 Å². The van der Waals surface area contributed by atoms with Crippen LogP contribution in [-0.2, 0) is 4.79 Å². The van der Waals surface area contributed by atoms with Crippen molar-refractivity contribution in [1.29, 1.82) is 10.5 Å². The third kappa shape index (κ3) is 6.17. The molecule has 0 aliphatic carbocycles. The van der Waals surface area contributed by atoms with E-state index in [1.807, 2.05) is 0 Å². The number of hydrogen-bond donors (Lipinski definition) is 0. The zero-order valence-electron chi connectivity index (χ0n) is 6.16. The molecule has 0 N–H and O–H groups in total. The first-order valence-electron chi connectivity index (χ1n) is 2.07. The van der Waals surface area contributed by atoms with Crippen LogP contribution in [0.25, 0.3) is 0 Å². The normalized spacial score (nSPS) is 9.56. The second-order valence-electron chi connectivity index (χ2n) is 1.23. The summed E-state index contributed by atoms with van der Waals surface area (Å²) in [5, 5.41) is 16.0. The van der Waals surface area contributed by atoms with Gasteiger partial charge in [0.2, 0.25) is 0 Å². The molecule has 4 heteroatoms.